The summed E-state index contributed by atoms with van der Waals surface area (Å²) in [7, 11) is 5.73. The van der Waals surface area contributed by atoms with Gasteiger partial charge in [-0.05, 0) is 24.3 Å². The number of rotatable bonds is 7. The van der Waals surface area contributed by atoms with Gasteiger partial charge in [-0.15, -0.1) is 0 Å². The summed E-state index contributed by atoms with van der Waals surface area (Å²) in [6.45, 7) is -0.0374. The molecule has 0 spiro atoms. The van der Waals surface area contributed by atoms with Crippen molar-refractivity contribution >= 4 is 5.97 Å². The molecule has 1 heterocycles. The molecule has 0 saturated heterocycles. The van der Waals surface area contributed by atoms with Crippen molar-refractivity contribution in [1.82, 2.24) is 0 Å². The molecule has 2 aromatic carbocycles. The number of methoxy groups -OCH3 is 4. The van der Waals surface area contributed by atoms with Gasteiger partial charge in [0.25, 0.3) is 0 Å². The first-order valence-electron chi connectivity index (χ1n) is 8.45. The summed E-state index contributed by atoms with van der Waals surface area (Å²) in [6.07, 6.45) is -1.11. The normalized spacial score (nSPS) is 20.1. The molecule has 0 unspecified atom stereocenters. The third kappa shape index (κ3) is 3.21. The van der Waals surface area contributed by atoms with Gasteiger partial charge in [0.2, 0.25) is 5.60 Å². The van der Waals surface area contributed by atoms with Crippen molar-refractivity contribution in [3.63, 3.8) is 0 Å². The van der Waals surface area contributed by atoms with Gasteiger partial charge < -0.3 is 33.5 Å². The number of benzene rings is 2. The zero-order valence-corrected chi connectivity index (χ0v) is 16.1. The summed E-state index contributed by atoms with van der Waals surface area (Å²) in [6, 6.07) is 9.77. The predicted octanol–water partition coefficient (Wildman–Crippen LogP) is 2.18. The zero-order valence-electron chi connectivity index (χ0n) is 16.1. The van der Waals surface area contributed by atoms with Crippen molar-refractivity contribution in [2.75, 3.05) is 35.2 Å². The predicted molar refractivity (Wildman–Crippen MR) is 97.8 cm³/mol. The topological polar surface area (TPSA) is 92.7 Å². The Morgan fingerprint density at radius 1 is 1.07 bits per heavy atom. The lowest BCUT2D eigenvalue weighted by molar-refractivity contribution is -0.171. The third-order valence-corrected chi connectivity index (χ3v) is 4.56. The van der Waals surface area contributed by atoms with Gasteiger partial charge in [0.1, 0.15) is 23.0 Å². The van der Waals surface area contributed by atoms with Crippen molar-refractivity contribution in [2.24, 2.45) is 0 Å². The molecule has 0 aliphatic carbocycles. The number of carbonyl (C=O) groups excluding carboxylic acids is 1. The summed E-state index contributed by atoms with van der Waals surface area (Å²) in [5.41, 5.74) is -1.37. The van der Waals surface area contributed by atoms with Crippen molar-refractivity contribution in [2.45, 2.75) is 11.7 Å². The molecule has 8 nitrogen and oxygen atoms in total. The van der Waals surface area contributed by atoms with Crippen molar-refractivity contribution in [1.29, 1.82) is 0 Å². The molecule has 2 atom stereocenters. The molecule has 0 radical (unpaired) electrons. The third-order valence-electron chi connectivity index (χ3n) is 4.56. The maximum absolute atomic E-state index is 12.6. The minimum atomic E-state index is -2.07. The van der Waals surface area contributed by atoms with Crippen LogP contribution in [0.3, 0.4) is 0 Å². The Morgan fingerprint density at radius 3 is 2.39 bits per heavy atom. The van der Waals surface area contributed by atoms with E-state index in [9.17, 15) is 9.90 Å². The van der Waals surface area contributed by atoms with E-state index in [0.29, 0.717) is 28.6 Å². The first-order chi connectivity index (χ1) is 13.5. The molecule has 0 saturated carbocycles. The van der Waals surface area contributed by atoms with Gasteiger partial charge in [0.15, 0.2) is 12.9 Å². The van der Waals surface area contributed by atoms with Gasteiger partial charge in [-0.1, -0.05) is 0 Å². The molecule has 0 bridgehead atoms. The summed E-state index contributed by atoms with van der Waals surface area (Å²) in [4.78, 5) is 12.6. The number of carbonyl (C=O) groups is 1. The molecule has 1 aliphatic heterocycles. The van der Waals surface area contributed by atoms with Crippen LogP contribution >= 0.6 is 0 Å². The average Bonchev–Trinajstić information content (AvgIpc) is 3.03. The Hall–Kier alpha value is -2.97. The first-order valence-corrected chi connectivity index (χ1v) is 8.45. The van der Waals surface area contributed by atoms with E-state index in [4.69, 9.17) is 28.4 Å². The van der Waals surface area contributed by atoms with Crippen LogP contribution in [-0.2, 0) is 19.9 Å². The largest absolute Gasteiger partial charge is 0.497 e. The van der Waals surface area contributed by atoms with Crippen LogP contribution in [0.15, 0.2) is 36.4 Å². The van der Waals surface area contributed by atoms with E-state index in [2.05, 4.69) is 0 Å². The number of aliphatic hydroxyl groups is 1. The van der Waals surface area contributed by atoms with Crippen LogP contribution in [-0.4, -0.2) is 46.3 Å². The maximum atomic E-state index is 12.6. The minimum absolute atomic E-state index is 0.0374. The lowest BCUT2D eigenvalue weighted by Crippen LogP contribution is -2.41. The van der Waals surface area contributed by atoms with Crippen LogP contribution in [0.25, 0.3) is 0 Å². The molecule has 28 heavy (non-hydrogen) atoms. The van der Waals surface area contributed by atoms with Gasteiger partial charge in [-0.3, -0.25) is 0 Å². The van der Waals surface area contributed by atoms with Crippen LogP contribution in [0.4, 0.5) is 0 Å². The molecule has 8 heteroatoms. The summed E-state index contributed by atoms with van der Waals surface area (Å²) < 4.78 is 31.9. The van der Waals surface area contributed by atoms with Gasteiger partial charge in [0, 0.05) is 30.4 Å². The SMILES string of the molecule is COCOc1cc(OC)ccc1[C@H]1Oc2cc(OC)ccc2[C@]1(O)C(=O)OC. The fourth-order valence-corrected chi connectivity index (χ4v) is 3.16. The van der Waals surface area contributed by atoms with Crippen molar-refractivity contribution in [3.05, 3.63) is 47.5 Å². The molecule has 0 fully saturated rings. The second-order valence-corrected chi connectivity index (χ2v) is 6.07. The van der Waals surface area contributed by atoms with E-state index in [1.54, 1.807) is 36.4 Å². The fraction of sp³-hybridized carbons (Fsp3) is 0.350. The first kappa shape index (κ1) is 19.8. The van der Waals surface area contributed by atoms with E-state index < -0.39 is 17.7 Å². The standard InChI is InChI=1S/C20H22O8/c1-23-11-27-16-9-12(24-2)5-7-14(16)18-20(22,19(21)26-4)15-8-6-13(25-3)10-17(15)28-18/h5-10,18,22H,11H2,1-4H3/t18-,20-/m1/s1. The highest BCUT2D eigenvalue weighted by Crippen LogP contribution is 2.52. The highest BCUT2D eigenvalue weighted by Gasteiger charge is 2.56. The molecule has 2 aromatic rings. The maximum Gasteiger partial charge on any atom is 0.347 e. The Morgan fingerprint density at radius 2 is 1.75 bits per heavy atom. The summed E-state index contributed by atoms with van der Waals surface area (Å²) >= 11 is 0. The smallest absolute Gasteiger partial charge is 0.347 e. The highest BCUT2D eigenvalue weighted by molar-refractivity contribution is 5.85. The molecule has 0 amide bonds. The Balaban J connectivity index is 2.13. The number of esters is 1. The van der Waals surface area contributed by atoms with Crippen LogP contribution in [0, 0.1) is 0 Å². The van der Waals surface area contributed by atoms with Crippen LogP contribution in [0.5, 0.6) is 23.0 Å². The molecule has 0 aromatic heterocycles. The van der Waals surface area contributed by atoms with Crippen LogP contribution in [0.1, 0.15) is 17.2 Å². The van der Waals surface area contributed by atoms with Crippen LogP contribution < -0.4 is 18.9 Å². The lowest BCUT2D eigenvalue weighted by atomic mass is 9.86. The zero-order chi connectivity index (χ0) is 20.3. The second kappa shape index (κ2) is 7.95. The van der Waals surface area contributed by atoms with Gasteiger partial charge >= 0.3 is 5.97 Å². The molecule has 1 aliphatic rings. The Bertz CT molecular complexity index is 865. The number of hydrogen-bond donors (Lipinski definition) is 1. The lowest BCUT2D eigenvalue weighted by Gasteiger charge is -2.27. The van der Waals surface area contributed by atoms with Crippen LogP contribution in [0.2, 0.25) is 0 Å². The minimum Gasteiger partial charge on any atom is -0.497 e. The molecule has 150 valence electrons. The summed E-state index contributed by atoms with van der Waals surface area (Å²) in [5.74, 6) is 0.861. The average molecular weight is 390 g/mol. The summed E-state index contributed by atoms with van der Waals surface area (Å²) in [5, 5.41) is 11.4. The molecule has 1 N–H and O–H groups in total. The Labute approximate surface area is 162 Å². The van der Waals surface area contributed by atoms with E-state index in [0.717, 1.165) is 0 Å². The quantitative estimate of drug-likeness (QED) is 0.568. The number of hydrogen-bond acceptors (Lipinski definition) is 8. The van der Waals surface area contributed by atoms with Crippen molar-refractivity contribution in [3.8, 4) is 23.0 Å². The van der Waals surface area contributed by atoms with Gasteiger partial charge in [-0.25, -0.2) is 4.79 Å². The van der Waals surface area contributed by atoms with E-state index in [1.807, 2.05) is 0 Å². The van der Waals surface area contributed by atoms with Gasteiger partial charge in [0.05, 0.1) is 21.3 Å². The number of ether oxygens (including phenoxy) is 6. The molecular formula is C20H22O8. The van der Waals surface area contributed by atoms with E-state index in [-0.39, 0.29) is 12.4 Å². The second-order valence-electron chi connectivity index (χ2n) is 6.07. The molecule has 3 rings (SSSR count). The van der Waals surface area contributed by atoms with Crippen molar-refractivity contribution < 1.29 is 38.3 Å². The van der Waals surface area contributed by atoms with Gasteiger partial charge in [-0.2, -0.15) is 0 Å². The Kier molecular flexibility index (Phi) is 5.62. The van der Waals surface area contributed by atoms with E-state index >= 15 is 0 Å². The number of fused-ring (bicyclic) bond motifs is 1. The highest BCUT2D eigenvalue weighted by atomic mass is 16.7. The fourth-order valence-electron chi connectivity index (χ4n) is 3.16. The van der Waals surface area contributed by atoms with E-state index in [1.165, 1.54) is 28.4 Å². The molecular weight excluding hydrogens is 368 g/mol. The monoisotopic (exact) mass is 390 g/mol.